The largest absolute Gasteiger partial charge is 0.351 e. The van der Waals surface area contributed by atoms with E-state index in [0.29, 0.717) is 6.04 Å². The van der Waals surface area contributed by atoms with Gasteiger partial charge in [-0.05, 0) is 37.1 Å². The summed E-state index contributed by atoms with van der Waals surface area (Å²) >= 11 is 0. The number of rotatable bonds is 2. The van der Waals surface area contributed by atoms with Crippen LogP contribution in [0.4, 0.5) is 10.5 Å². The van der Waals surface area contributed by atoms with Crippen molar-refractivity contribution in [2.24, 2.45) is 5.73 Å². The molecule has 2 amide bonds. The molecule has 0 aliphatic carbocycles. The lowest BCUT2D eigenvalue weighted by Crippen LogP contribution is -2.19. The molecule has 1 atom stereocenters. The fraction of sp³-hybridized carbons (Fsp3) is 0.364. The quantitative estimate of drug-likeness (QED) is 0.686. The van der Waals surface area contributed by atoms with Crippen LogP contribution < -0.4 is 16.4 Å². The third-order valence-corrected chi connectivity index (χ3v) is 2.64. The van der Waals surface area contributed by atoms with E-state index in [-0.39, 0.29) is 0 Å². The first kappa shape index (κ1) is 9.98. The number of urea groups is 1. The summed E-state index contributed by atoms with van der Waals surface area (Å²) < 4.78 is 0. The van der Waals surface area contributed by atoms with Crippen molar-refractivity contribution in [2.45, 2.75) is 18.9 Å². The Hall–Kier alpha value is -1.55. The minimum atomic E-state index is -0.526. The molecule has 80 valence electrons. The lowest BCUT2D eigenvalue weighted by Gasteiger charge is -2.11. The number of carbonyl (C=O) groups excluding carboxylic acids is 1. The Bertz CT molecular complexity index is 341. The van der Waals surface area contributed by atoms with E-state index >= 15 is 0 Å². The second-order valence-corrected chi connectivity index (χ2v) is 3.76. The second kappa shape index (κ2) is 4.31. The van der Waals surface area contributed by atoms with Gasteiger partial charge in [-0.3, -0.25) is 0 Å². The number of primary amides is 1. The molecule has 4 nitrogen and oxygen atoms in total. The summed E-state index contributed by atoms with van der Waals surface area (Å²) in [6.45, 7) is 1.09. The third-order valence-electron chi connectivity index (χ3n) is 2.64. The molecule has 1 aliphatic heterocycles. The van der Waals surface area contributed by atoms with Gasteiger partial charge in [0.15, 0.2) is 0 Å². The monoisotopic (exact) mass is 205 g/mol. The molecule has 4 heteroatoms. The van der Waals surface area contributed by atoms with E-state index in [1.54, 1.807) is 0 Å². The first-order valence-corrected chi connectivity index (χ1v) is 5.15. The molecule has 1 heterocycles. The number of hydrogen-bond acceptors (Lipinski definition) is 2. The zero-order chi connectivity index (χ0) is 10.7. The number of amides is 2. The van der Waals surface area contributed by atoms with Crippen molar-refractivity contribution in [2.75, 3.05) is 11.9 Å². The average Bonchev–Trinajstić information content (AvgIpc) is 2.71. The van der Waals surface area contributed by atoms with Gasteiger partial charge < -0.3 is 16.4 Å². The van der Waals surface area contributed by atoms with E-state index in [2.05, 4.69) is 10.6 Å². The van der Waals surface area contributed by atoms with Gasteiger partial charge in [0, 0.05) is 11.7 Å². The maximum absolute atomic E-state index is 10.6. The van der Waals surface area contributed by atoms with Crippen LogP contribution in [0.15, 0.2) is 24.3 Å². The third kappa shape index (κ3) is 2.47. The highest BCUT2D eigenvalue weighted by atomic mass is 16.2. The molecular formula is C11H15N3O. The van der Waals surface area contributed by atoms with Crippen molar-refractivity contribution in [3.8, 4) is 0 Å². The molecule has 1 fully saturated rings. The van der Waals surface area contributed by atoms with Crippen molar-refractivity contribution in [3.63, 3.8) is 0 Å². The summed E-state index contributed by atoms with van der Waals surface area (Å²) in [4.78, 5) is 10.6. The van der Waals surface area contributed by atoms with E-state index in [4.69, 9.17) is 5.73 Å². The van der Waals surface area contributed by atoms with Crippen LogP contribution >= 0.6 is 0 Å². The lowest BCUT2D eigenvalue weighted by molar-refractivity contribution is 0.259. The van der Waals surface area contributed by atoms with Gasteiger partial charge in [0.05, 0.1) is 0 Å². The van der Waals surface area contributed by atoms with E-state index in [0.717, 1.165) is 12.2 Å². The topological polar surface area (TPSA) is 67.2 Å². The normalized spacial score (nSPS) is 20.1. The molecule has 1 unspecified atom stereocenters. The summed E-state index contributed by atoms with van der Waals surface area (Å²) in [5.41, 5.74) is 7.03. The second-order valence-electron chi connectivity index (χ2n) is 3.76. The van der Waals surface area contributed by atoms with Gasteiger partial charge in [-0.15, -0.1) is 0 Å². The molecule has 2 rings (SSSR count). The minimum Gasteiger partial charge on any atom is -0.351 e. The number of nitrogens with one attached hydrogen (secondary N) is 2. The van der Waals surface area contributed by atoms with Crippen LogP contribution in [0.5, 0.6) is 0 Å². The van der Waals surface area contributed by atoms with Crippen LogP contribution in [-0.2, 0) is 0 Å². The van der Waals surface area contributed by atoms with Gasteiger partial charge >= 0.3 is 6.03 Å². The van der Waals surface area contributed by atoms with Crippen molar-refractivity contribution < 1.29 is 4.79 Å². The van der Waals surface area contributed by atoms with E-state index in [9.17, 15) is 4.79 Å². The molecule has 0 saturated carbocycles. The maximum Gasteiger partial charge on any atom is 0.316 e. The van der Waals surface area contributed by atoms with Crippen LogP contribution in [-0.4, -0.2) is 12.6 Å². The number of carbonyl (C=O) groups is 1. The van der Waals surface area contributed by atoms with Crippen molar-refractivity contribution in [1.82, 2.24) is 5.32 Å². The molecule has 1 aliphatic rings. The SMILES string of the molecule is NC(=O)Nc1ccc(C2CCCN2)cc1. The maximum atomic E-state index is 10.6. The molecule has 0 spiro atoms. The molecule has 4 N–H and O–H groups in total. The summed E-state index contributed by atoms with van der Waals surface area (Å²) in [6, 6.07) is 7.73. The molecular weight excluding hydrogens is 190 g/mol. The van der Waals surface area contributed by atoms with Gasteiger partial charge in [-0.25, -0.2) is 4.79 Å². The van der Waals surface area contributed by atoms with Gasteiger partial charge in [0.25, 0.3) is 0 Å². The van der Waals surface area contributed by atoms with E-state index in [1.165, 1.54) is 18.4 Å². The number of hydrogen-bond donors (Lipinski definition) is 3. The summed E-state index contributed by atoms with van der Waals surface area (Å²) in [7, 11) is 0. The van der Waals surface area contributed by atoms with E-state index < -0.39 is 6.03 Å². The molecule has 0 radical (unpaired) electrons. The van der Waals surface area contributed by atoms with E-state index in [1.807, 2.05) is 24.3 Å². The highest BCUT2D eigenvalue weighted by Crippen LogP contribution is 2.23. The predicted molar refractivity (Wildman–Crippen MR) is 59.6 cm³/mol. The highest BCUT2D eigenvalue weighted by Gasteiger charge is 2.15. The molecule has 1 saturated heterocycles. The first-order chi connectivity index (χ1) is 7.25. The molecule has 0 bridgehead atoms. The Labute approximate surface area is 88.9 Å². The average molecular weight is 205 g/mol. The zero-order valence-electron chi connectivity index (χ0n) is 8.49. The van der Waals surface area contributed by atoms with Crippen LogP contribution in [0.3, 0.4) is 0 Å². The van der Waals surface area contributed by atoms with Crippen LogP contribution in [0.1, 0.15) is 24.4 Å². The van der Waals surface area contributed by atoms with Crippen LogP contribution in [0.2, 0.25) is 0 Å². The first-order valence-electron chi connectivity index (χ1n) is 5.15. The molecule has 0 aromatic heterocycles. The van der Waals surface area contributed by atoms with Gasteiger partial charge in [-0.2, -0.15) is 0 Å². The Morgan fingerprint density at radius 3 is 2.67 bits per heavy atom. The highest BCUT2D eigenvalue weighted by molar-refractivity contribution is 5.87. The summed E-state index contributed by atoms with van der Waals surface area (Å²) in [6.07, 6.45) is 2.41. The number of benzene rings is 1. The molecule has 1 aromatic rings. The van der Waals surface area contributed by atoms with Gasteiger partial charge in [0.2, 0.25) is 0 Å². The summed E-state index contributed by atoms with van der Waals surface area (Å²) in [5.74, 6) is 0. The Morgan fingerprint density at radius 1 is 1.40 bits per heavy atom. The molecule has 1 aromatic carbocycles. The van der Waals surface area contributed by atoms with Gasteiger partial charge in [-0.1, -0.05) is 12.1 Å². The van der Waals surface area contributed by atoms with Crippen molar-refractivity contribution in [1.29, 1.82) is 0 Å². The minimum absolute atomic E-state index is 0.465. The van der Waals surface area contributed by atoms with Crippen molar-refractivity contribution in [3.05, 3.63) is 29.8 Å². The zero-order valence-corrected chi connectivity index (χ0v) is 8.49. The smallest absolute Gasteiger partial charge is 0.316 e. The van der Waals surface area contributed by atoms with Crippen molar-refractivity contribution >= 4 is 11.7 Å². The Kier molecular flexibility index (Phi) is 2.87. The summed E-state index contributed by atoms with van der Waals surface area (Å²) in [5, 5.41) is 5.96. The number of nitrogens with two attached hydrogens (primary N) is 1. The lowest BCUT2D eigenvalue weighted by atomic mass is 10.1. The van der Waals surface area contributed by atoms with Crippen LogP contribution in [0.25, 0.3) is 0 Å². The van der Waals surface area contributed by atoms with Crippen LogP contribution in [0, 0.1) is 0 Å². The molecule has 15 heavy (non-hydrogen) atoms. The predicted octanol–water partition coefficient (Wildman–Crippen LogP) is 1.60. The standard InChI is InChI=1S/C11H15N3O/c12-11(15)14-9-5-3-8(4-6-9)10-2-1-7-13-10/h3-6,10,13H,1-2,7H2,(H3,12,14,15). The fourth-order valence-electron chi connectivity index (χ4n) is 1.91. The Balaban J connectivity index is 2.06. The number of anilines is 1. The fourth-order valence-corrected chi connectivity index (χ4v) is 1.91. The Morgan fingerprint density at radius 2 is 2.13 bits per heavy atom. The van der Waals surface area contributed by atoms with Gasteiger partial charge in [0.1, 0.15) is 0 Å².